The van der Waals surface area contributed by atoms with E-state index in [0.717, 1.165) is 30.2 Å². The maximum Gasteiger partial charge on any atom is 0.240 e. The third kappa shape index (κ3) is 3.58. The van der Waals surface area contributed by atoms with Gasteiger partial charge in [-0.25, -0.2) is 0 Å². The van der Waals surface area contributed by atoms with Crippen LogP contribution in [-0.2, 0) is 6.54 Å². The van der Waals surface area contributed by atoms with Gasteiger partial charge in [-0.2, -0.15) is 4.98 Å². The summed E-state index contributed by atoms with van der Waals surface area (Å²) in [5.74, 6) is 2.78. The van der Waals surface area contributed by atoms with E-state index in [-0.39, 0.29) is 0 Å². The summed E-state index contributed by atoms with van der Waals surface area (Å²) in [4.78, 5) is 7.08. The summed E-state index contributed by atoms with van der Waals surface area (Å²) in [5.41, 5.74) is 0. The molecule has 0 amide bonds. The van der Waals surface area contributed by atoms with Crippen molar-refractivity contribution >= 4 is 0 Å². The van der Waals surface area contributed by atoms with Gasteiger partial charge < -0.3 is 9.84 Å². The van der Waals surface area contributed by atoms with Crippen molar-refractivity contribution in [2.75, 3.05) is 19.6 Å². The van der Waals surface area contributed by atoms with E-state index in [1.165, 1.54) is 45.3 Å². The number of nitrogens with one attached hydrogen (secondary N) is 1. The van der Waals surface area contributed by atoms with Crippen molar-refractivity contribution in [2.45, 2.75) is 58.0 Å². The molecule has 2 aliphatic rings. The summed E-state index contributed by atoms with van der Waals surface area (Å²) in [6, 6.07) is 0.749. The largest absolute Gasteiger partial charge is 0.338 e. The summed E-state index contributed by atoms with van der Waals surface area (Å²) < 4.78 is 5.41. The highest BCUT2D eigenvalue weighted by atomic mass is 16.5. The Morgan fingerprint density at radius 3 is 2.60 bits per heavy atom. The highest BCUT2D eigenvalue weighted by Gasteiger charge is 2.32. The van der Waals surface area contributed by atoms with Gasteiger partial charge in [0.1, 0.15) is 0 Å². The molecule has 1 aliphatic heterocycles. The van der Waals surface area contributed by atoms with Gasteiger partial charge in [-0.1, -0.05) is 19.0 Å². The average Bonchev–Trinajstić information content (AvgIpc) is 3.19. The van der Waals surface area contributed by atoms with E-state index in [2.05, 4.69) is 34.2 Å². The Kier molecular flexibility index (Phi) is 4.36. The standard InChI is InChI=1S/C15H26N4O/c1-11(2)15-17-14(20-18-15)10-19(13-3-4-13)9-12-5-7-16-8-6-12/h11-13,16H,3-10H2,1-2H3. The predicted molar refractivity (Wildman–Crippen MR) is 77.4 cm³/mol. The highest BCUT2D eigenvalue weighted by molar-refractivity contribution is 4.94. The van der Waals surface area contributed by atoms with Gasteiger partial charge in [0.15, 0.2) is 5.82 Å². The average molecular weight is 278 g/mol. The van der Waals surface area contributed by atoms with Gasteiger partial charge >= 0.3 is 0 Å². The second-order valence-corrected chi connectivity index (χ2v) is 6.56. The molecule has 1 aliphatic carbocycles. The molecule has 0 atom stereocenters. The lowest BCUT2D eigenvalue weighted by Crippen LogP contribution is -2.37. The molecule has 1 aromatic rings. The van der Waals surface area contributed by atoms with Crippen LogP contribution in [0, 0.1) is 5.92 Å². The maximum atomic E-state index is 5.41. The number of hydrogen-bond donors (Lipinski definition) is 1. The molecule has 20 heavy (non-hydrogen) atoms. The van der Waals surface area contributed by atoms with Crippen LogP contribution in [-0.4, -0.2) is 40.7 Å². The topological polar surface area (TPSA) is 54.2 Å². The van der Waals surface area contributed by atoms with E-state index >= 15 is 0 Å². The van der Waals surface area contributed by atoms with Crippen molar-refractivity contribution in [3.05, 3.63) is 11.7 Å². The first-order valence-electron chi connectivity index (χ1n) is 7.99. The second-order valence-electron chi connectivity index (χ2n) is 6.56. The molecule has 2 fully saturated rings. The van der Waals surface area contributed by atoms with Crippen molar-refractivity contribution in [2.24, 2.45) is 5.92 Å². The summed E-state index contributed by atoms with van der Waals surface area (Å²) in [5, 5.41) is 7.51. The van der Waals surface area contributed by atoms with E-state index in [1.54, 1.807) is 0 Å². The van der Waals surface area contributed by atoms with Crippen molar-refractivity contribution in [1.82, 2.24) is 20.4 Å². The van der Waals surface area contributed by atoms with Gasteiger partial charge in [0.25, 0.3) is 0 Å². The minimum atomic E-state index is 0.339. The molecule has 0 unspecified atom stereocenters. The van der Waals surface area contributed by atoms with Gasteiger partial charge in [-0.3, -0.25) is 4.90 Å². The summed E-state index contributed by atoms with van der Waals surface area (Å²) >= 11 is 0. The first kappa shape index (κ1) is 14.0. The minimum Gasteiger partial charge on any atom is -0.338 e. The van der Waals surface area contributed by atoms with Crippen LogP contribution >= 0.6 is 0 Å². The summed E-state index contributed by atoms with van der Waals surface area (Å²) in [7, 11) is 0. The molecular weight excluding hydrogens is 252 g/mol. The Labute approximate surface area is 121 Å². The Morgan fingerprint density at radius 1 is 1.25 bits per heavy atom. The van der Waals surface area contributed by atoms with Crippen LogP contribution in [0.5, 0.6) is 0 Å². The van der Waals surface area contributed by atoms with Crippen LogP contribution in [0.1, 0.15) is 57.2 Å². The molecule has 0 spiro atoms. The smallest absolute Gasteiger partial charge is 0.240 e. The monoisotopic (exact) mass is 278 g/mol. The molecule has 5 heteroatoms. The van der Waals surface area contributed by atoms with Gasteiger partial charge in [0.05, 0.1) is 6.54 Å². The first-order chi connectivity index (χ1) is 9.72. The van der Waals surface area contributed by atoms with Crippen LogP contribution in [0.3, 0.4) is 0 Å². The van der Waals surface area contributed by atoms with Crippen molar-refractivity contribution in [3.63, 3.8) is 0 Å². The summed E-state index contributed by atoms with van der Waals surface area (Å²) in [6.45, 7) is 8.55. The molecule has 1 saturated carbocycles. The van der Waals surface area contributed by atoms with E-state index in [1.807, 2.05) is 0 Å². The number of hydrogen-bond acceptors (Lipinski definition) is 5. The van der Waals surface area contributed by atoms with Crippen LogP contribution in [0.4, 0.5) is 0 Å². The summed E-state index contributed by atoms with van der Waals surface area (Å²) in [6.07, 6.45) is 5.25. The number of nitrogens with zero attached hydrogens (tertiary/aromatic N) is 3. The first-order valence-corrected chi connectivity index (χ1v) is 7.99. The molecule has 0 radical (unpaired) electrons. The molecular formula is C15H26N4O. The lowest BCUT2D eigenvalue weighted by atomic mass is 9.97. The normalized spacial score (nSPS) is 21.0. The lowest BCUT2D eigenvalue weighted by Gasteiger charge is -2.29. The van der Waals surface area contributed by atoms with Gasteiger partial charge in [0.2, 0.25) is 5.89 Å². The molecule has 5 nitrogen and oxygen atoms in total. The highest BCUT2D eigenvalue weighted by Crippen LogP contribution is 2.30. The molecule has 1 saturated heterocycles. The van der Waals surface area contributed by atoms with Gasteiger partial charge in [0, 0.05) is 18.5 Å². The fraction of sp³-hybridized carbons (Fsp3) is 0.867. The fourth-order valence-corrected chi connectivity index (χ4v) is 2.92. The van der Waals surface area contributed by atoms with E-state index < -0.39 is 0 Å². The molecule has 112 valence electrons. The van der Waals surface area contributed by atoms with Crippen LogP contribution < -0.4 is 5.32 Å². The Bertz CT molecular complexity index is 421. The number of rotatable bonds is 6. The third-order valence-electron chi connectivity index (χ3n) is 4.35. The molecule has 3 rings (SSSR count). The Hall–Kier alpha value is -0.940. The zero-order chi connectivity index (χ0) is 13.9. The van der Waals surface area contributed by atoms with E-state index in [0.29, 0.717) is 5.92 Å². The van der Waals surface area contributed by atoms with E-state index in [4.69, 9.17) is 4.52 Å². The van der Waals surface area contributed by atoms with Crippen molar-refractivity contribution in [1.29, 1.82) is 0 Å². The predicted octanol–water partition coefficient (Wildman–Crippen LogP) is 2.16. The fourth-order valence-electron chi connectivity index (χ4n) is 2.92. The minimum absolute atomic E-state index is 0.339. The second kappa shape index (κ2) is 6.22. The quantitative estimate of drug-likeness (QED) is 0.864. The molecule has 0 aromatic carbocycles. The number of aromatic nitrogens is 2. The van der Waals surface area contributed by atoms with Crippen molar-refractivity contribution in [3.8, 4) is 0 Å². The van der Waals surface area contributed by atoms with Gasteiger partial charge in [-0.05, 0) is 44.7 Å². The Balaban J connectivity index is 1.58. The SMILES string of the molecule is CC(C)c1noc(CN(CC2CCNCC2)C2CC2)n1. The van der Waals surface area contributed by atoms with Gasteiger partial charge in [-0.15, -0.1) is 0 Å². The lowest BCUT2D eigenvalue weighted by molar-refractivity contribution is 0.170. The molecule has 1 N–H and O–H groups in total. The molecule has 0 bridgehead atoms. The third-order valence-corrected chi connectivity index (χ3v) is 4.35. The van der Waals surface area contributed by atoms with E-state index in [9.17, 15) is 0 Å². The zero-order valence-electron chi connectivity index (χ0n) is 12.6. The maximum absolute atomic E-state index is 5.41. The Morgan fingerprint density at radius 2 is 2.00 bits per heavy atom. The van der Waals surface area contributed by atoms with Crippen LogP contribution in [0.15, 0.2) is 4.52 Å². The molecule has 2 heterocycles. The molecule has 1 aromatic heterocycles. The van der Waals surface area contributed by atoms with Crippen molar-refractivity contribution < 1.29 is 4.52 Å². The zero-order valence-corrected chi connectivity index (χ0v) is 12.6. The van der Waals surface area contributed by atoms with Crippen LogP contribution in [0.2, 0.25) is 0 Å². The number of piperidine rings is 1. The van der Waals surface area contributed by atoms with Crippen LogP contribution in [0.25, 0.3) is 0 Å².